The topological polar surface area (TPSA) is 99.7 Å². The van der Waals surface area contributed by atoms with Crippen LogP contribution in [0.15, 0.2) is 36.9 Å². The number of aliphatic hydroxyl groups excluding tert-OH is 1. The lowest BCUT2D eigenvalue weighted by Gasteiger charge is -2.29. The van der Waals surface area contributed by atoms with E-state index in [9.17, 15) is 15.2 Å². The first-order valence-electron chi connectivity index (χ1n) is 6.87. The molecule has 0 aliphatic carbocycles. The van der Waals surface area contributed by atoms with Crippen molar-refractivity contribution in [2.75, 3.05) is 13.2 Å². The summed E-state index contributed by atoms with van der Waals surface area (Å²) < 4.78 is 13.4. The molecule has 1 aliphatic rings. The number of rotatable bonds is 5. The molecule has 0 spiro atoms. The number of aliphatic hydroxyl groups is 1. The fraction of sp³-hybridized carbons (Fsp3) is 0.357. The van der Waals surface area contributed by atoms with Gasteiger partial charge in [0.15, 0.2) is 0 Å². The van der Waals surface area contributed by atoms with Crippen LogP contribution in [0.4, 0.5) is 5.69 Å². The minimum Gasteiger partial charge on any atom is -0.394 e. The molecule has 0 saturated carbocycles. The highest BCUT2D eigenvalue weighted by Gasteiger charge is 2.45. The molecule has 1 aliphatic heterocycles. The van der Waals surface area contributed by atoms with Crippen molar-refractivity contribution >= 4 is 17.3 Å². The Hall–Kier alpha value is -2.00. The molecule has 2 atom stereocenters. The van der Waals surface area contributed by atoms with Crippen LogP contribution in [0.25, 0.3) is 0 Å². The number of hydrogen-bond acceptors (Lipinski definition) is 6. The highest BCUT2D eigenvalue weighted by molar-refractivity contribution is 6.31. The molecule has 2 unspecified atom stereocenters. The Kier molecular flexibility index (Phi) is 4.31. The van der Waals surface area contributed by atoms with E-state index in [0.717, 1.165) is 0 Å². The molecule has 0 bridgehead atoms. The first-order valence-corrected chi connectivity index (χ1v) is 7.24. The Labute approximate surface area is 136 Å². The van der Waals surface area contributed by atoms with Gasteiger partial charge in [0.05, 0.1) is 36.0 Å². The number of hydrogen-bond donors (Lipinski definition) is 1. The minimum absolute atomic E-state index is 0.117. The van der Waals surface area contributed by atoms with Crippen molar-refractivity contribution in [2.24, 2.45) is 0 Å². The molecular formula is C14H14ClN3O5. The molecule has 0 amide bonds. The summed E-state index contributed by atoms with van der Waals surface area (Å²) in [7, 11) is 0. The van der Waals surface area contributed by atoms with E-state index in [1.807, 2.05) is 0 Å². The summed E-state index contributed by atoms with van der Waals surface area (Å²) in [5.41, 5.74) is 0.350. The Balaban J connectivity index is 2.00. The van der Waals surface area contributed by atoms with E-state index in [1.165, 1.54) is 18.2 Å². The van der Waals surface area contributed by atoms with Gasteiger partial charge >= 0.3 is 0 Å². The molecule has 9 heteroatoms. The molecule has 0 radical (unpaired) electrons. The zero-order chi connectivity index (χ0) is 16.4. The van der Waals surface area contributed by atoms with Gasteiger partial charge in [-0.25, -0.2) is 4.98 Å². The van der Waals surface area contributed by atoms with Crippen molar-refractivity contribution in [3.05, 3.63) is 57.6 Å². The third kappa shape index (κ3) is 3.06. The van der Waals surface area contributed by atoms with Crippen molar-refractivity contribution in [3.63, 3.8) is 0 Å². The van der Waals surface area contributed by atoms with Gasteiger partial charge in [-0.05, 0) is 6.07 Å². The molecular weight excluding hydrogens is 326 g/mol. The molecule has 23 heavy (non-hydrogen) atoms. The number of halogens is 1. The van der Waals surface area contributed by atoms with E-state index in [0.29, 0.717) is 5.56 Å². The van der Waals surface area contributed by atoms with Crippen molar-refractivity contribution in [1.29, 1.82) is 0 Å². The predicted molar refractivity (Wildman–Crippen MR) is 79.9 cm³/mol. The van der Waals surface area contributed by atoms with Gasteiger partial charge in [-0.2, -0.15) is 0 Å². The quantitative estimate of drug-likeness (QED) is 0.657. The number of nitro groups is 1. The molecule has 1 fully saturated rings. The second kappa shape index (κ2) is 6.25. The van der Waals surface area contributed by atoms with E-state index in [1.54, 1.807) is 23.3 Å². The number of nitro benzene ring substituents is 1. The van der Waals surface area contributed by atoms with E-state index in [2.05, 4.69) is 4.98 Å². The smallest absolute Gasteiger partial charge is 0.270 e. The lowest BCUT2D eigenvalue weighted by molar-refractivity contribution is -0.384. The fourth-order valence-electron chi connectivity index (χ4n) is 2.51. The van der Waals surface area contributed by atoms with E-state index in [-0.39, 0.29) is 30.5 Å². The average molecular weight is 340 g/mol. The molecule has 1 aromatic carbocycles. The summed E-state index contributed by atoms with van der Waals surface area (Å²) in [6.45, 7) is 0.246. The number of aromatic nitrogens is 2. The Bertz CT molecular complexity index is 708. The van der Waals surface area contributed by atoms with Crippen molar-refractivity contribution < 1.29 is 19.5 Å². The van der Waals surface area contributed by atoms with Crippen molar-refractivity contribution in [3.8, 4) is 0 Å². The van der Waals surface area contributed by atoms with Crippen LogP contribution >= 0.6 is 11.6 Å². The zero-order valence-electron chi connectivity index (χ0n) is 12.0. The van der Waals surface area contributed by atoms with Gasteiger partial charge in [0.25, 0.3) is 5.69 Å². The van der Waals surface area contributed by atoms with Gasteiger partial charge in [0.1, 0.15) is 6.10 Å². The van der Waals surface area contributed by atoms with Crippen LogP contribution in [0, 0.1) is 10.1 Å². The zero-order valence-corrected chi connectivity index (χ0v) is 12.7. The summed E-state index contributed by atoms with van der Waals surface area (Å²) in [6, 6.07) is 4.11. The fourth-order valence-corrected chi connectivity index (χ4v) is 2.83. The molecule has 2 aromatic rings. The first-order chi connectivity index (χ1) is 11.0. The van der Waals surface area contributed by atoms with E-state index >= 15 is 0 Å². The number of ether oxygens (including phenoxy) is 2. The SMILES string of the molecule is O=[N+]([O-])c1ccc(C2(Cn3ccnc3)OCC(CO)O2)c(Cl)c1. The molecule has 122 valence electrons. The van der Waals surface area contributed by atoms with Crippen LogP contribution in [-0.2, 0) is 21.8 Å². The highest BCUT2D eigenvalue weighted by Crippen LogP contribution is 2.40. The van der Waals surface area contributed by atoms with Crippen LogP contribution in [0.5, 0.6) is 0 Å². The van der Waals surface area contributed by atoms with E-state index in [4.69, 9.17) is 21.1 Å². The largest absolute Gasteiger partial charge is 0.394 e. The average Bonchev–Trinajstić information content (AvgIpc) is 3.17. The standard InChI is InChI=1S/C14H14ClN3O5/c15-13-5-10(18(20)21)1-2-12(13)14(8-17-4-3-16-9-17)22-7-11(6-19)23-14/h1-5,9,11,19H,6-8H2. The van der Waals surface area contributed by atoms with Gasteiger partial charge in [-0.15, -0.1) is 0 Å². The normalized spacial score (nSPS) is 24.0. The van der Waals surface area contributed by atoms with Crippen molar-refractivity contribution in [1.82, 2.24) is 9.55 Å². The molecule has 1 N–H and O–H groups in total. The van der Waals surface area contributed by atoms with Crippen LogP contribution in [0.2, 0.25) is 5.02 Å². The molecule has 8 nitrogen and oxygen atoms in total. The number of benzene rings is 1. The van der Waals surface area contributed by atoms with Gasteiger partial charge < -0.3 is 19.1 Å². The van der Waals surface area contributed by atoms with Crippen molar-refractivity contribution in [2.45, 2.75) is 18.4 Å². The summed E-state index contributed by atoms with van der Waals surface area (Å²) in [5, 5.41) is 20.3. The van der Waals surface area contributed by atoms with Crippen LogP contribution < -0.4 is 0 Å². The lowest BCUT2D eigenvalue weighted by Crippen LogP contribution is -2.34. The maximum Gasteiger partial charge on any atom is 0.270 e. The summed E-state index contributed by atoms with van der Waals surface area (Å²) in [4.78, 5) is 14.3. The summed E-state index contributed by atoms with van der Waals surface area (Å²) in [5.74, 6) is -1.24. The Morgan fingerprint density at radius 2 is 2.39 bits per heavy atom. The molecule has 1 aromatic heterocycles. The predicted octanol–water partition coefficient (Wildman–Crippen LogP) is 1.71. The summed E-state index contributed by atoms with van der Waals surface area (Å²) in [6.07, 6.45) is 4.45. The van der Waals surface area contributed by atoms with Gasteiger partial charge in [-0.3, -0.25) is 10.1 Å². The van der Waals surface area contributed by atoms with Gasteiger partial charge in [-0.1, -0.05) is 11.6 Å². The third-order valence-corrected chi connectivity index (χ3v) is 3.90. The van der Waals surface area contributed by atoms with Gasteiger partial charge in [0.2, 0.25) is 5.79 Å². The van der Waals surface area contributed by atoms with Crippen LogP contribution in [0.3, 0.4) is 0 Å². The second-order valence-corrected chi connectivity index (χ2v) is 5.55. The van der Waals surface area contributed by atoms with Gasteiger partial charge in [0, 0.05) is 30.1 Å². The minimum atomic E-state index is -1.24. The summed E-state index contributed by atoms with van der Waals surface area (Å²) >= 11 is 6.22. The molecule has 3 rings (SSSR count). The number of non-ortho nitro benzene ring substituents is 1. The second-order valence-electron chi connectivity index (χ2n) is 5.14. The maximum atomic E-state index is 10.9. The Morgan fingerprint density at radius 1 is 1.57 bits per heavy atom. The Morgan fingerprint density at radius 3 is 2.96 bits per heavy atom. The number of nitrogens with zero attached hydrogens (tertiary/aromatic N) is 3. The highest BCUT2D eigenvalue weighted by atomic mass is 35.5. The van der Waals surface area contributed by atoms with E-state index < -0.39 is 16.8 Å². The third-order valence-electron chi connectivity index (χ3n) is 3.59. The maximum absolute atomic E-state index is 10.9. The molecule has 1 saturated heterocycles. The number of imidazole rings is 1. The van der Waals surface area contributed by atoms with Crippen LogP contribution in [0.1, 0.15) is 5.56 Å². The monoisotopic (exact) mass is 339 g/mol. The van der Waals surface area contributed by atoms with Crippen LogP contribution in [-0.4, -0.2) is 38.9 Å². The lowest BCUT2D eigenvalue weighted by atomic mass is 10.0. The first kappa shape index (κ1) is 15.9. The molecule has 2 heterocycles.